The van der Waals surface area contributed by atoms with Gasteiger partial charge in [-0.05, 0) is 44.3 Å². The van der Waals surface area contributed by atoms with Crippen molar-refractivity contribution < 1.29 is 0 Å². The summed E-state index contributed by atoms with van der Waals surface area (Å²) in [4.78, 5) is 0. The molecule has 0 heteroatoms. The third-order valence-electron chi connectivity index (χ3n) is 3.63. The van der Waals surface area contributed by atoms with Gasteiger partial charge in [0.25, 0.3) is 0 Å². The molecule has 0 aliphatic heterocycles. The van der Waals surface area contributed by atoms with Crippen molar-refractivity contribution in [3.63, 3.8) is 0 Å². The molecular weight excluding hydrogens is 192 g/mol. The fraction of sp³-hybridized carbons (Fsp3) is 0.500. The van der Waals surface area contributed by atoms with E-state index in [1.807, 2.05) is 0 Å². The van der Waals surface area contributed by atoms with Crippen LogP contribution in [0.2, 0.25) is 0 Å². The van der Waals surface area contributed by atoms with Crippen LogP contribution in [0.15, 0.2) is 47.1 Å². The first kappa shape index (κ1) is 11.4. The zero-order chi connectivity index (χ0) is 11.6. The first-order valence-electron chi connectivity index (χ1n) is 6.44. The fourth-order valence-corrected chi connectivity index (χ4v) is 2.77. The first-order valence-corrected chi connectivity index (χ1v) is 6.44. The number of hydrogen-bond donors (Lipinski definition) is 0. The lowest BCUT2D eigenvalue weighted by Gasteiger charge is -2.24. The van der Waals surface area contributed by atoms with Crippen molar-refractivity contribution in [2.24, 2.45) is 5.41 Å². The maximum absolute atomic E-state index is 2.41. The van der Waals surface area contributed by atoms with Crippen LogP contribution in [0.4, 0.5) is 0 Å². The van der Waals surface area contributed by atoms with Crippen LogP contribution >= 0.6 is 0 Å². The third-order valence-corrected chi connectivity index (χ3v) is 3.63. The average molecular weight is 214 g/mol. The number of rotatable bonds is 4. The Bertz CT molecular complexity index is 390. The molecule has 0 N–H and O–H groups in total. The molecule has 0 spiro atoms. The molecule has 0 nitrogen and oxygen atoms in total. The molecule has 0 amide bonds. The zero-order valence-corrected chi connectivity index (χ0v) is 10.7. The zero-order valence-electron chi connectivity index (χ0n) is 10.7. The van der Waals surface area contributed by atoms with Gasteiger partial charge in [0.1, 0.15) is 0 Å². The molecule has 1 unspecified atom stereocenters. The standard InChI is InChI=1S/C16H22/c1-4-5-7-14-8-6-9-15(14)16(3)11-10-13(2)12-16/h8-12H,4-7H2,1-3H3. The molecule has 86 valence electrons. The summed E-state index contributed by atoms with van der Waals surface area (Å²) in [5, 5.41) is 0. The van der Waals surface area contributed by atoms with Gasteiger partial charge in [0.05, 0.1) is 0 Å². The molecule has 0 saturated heterocycles. The van der Waals surface area contributed by atoms with Crippen molar-refractivity contribution in [1.82, 2.24) is 0 Å². The van der Waals surface area contributed by atoms with Crippen LogP contribution in [0.3, 0.4) is 0 Å². The van der Waals surface area contributed by atoms with E-state index < -0.39 is 0 Å². The summed E-state index contributed by atoms with van der Waals surface area (Å²) in [6, 6.07) is 0. The Morgan fingerprint density at radius 1 is 1.31 bits per heavy atom. The molecule has 0 bridgehead atoms. The molecule has 0 radical (unpaired) electrons. The summed E-state index contributed by atoms with van der Waals surface area (Å²) >= 11 is 0. The van der Waals surface area contributed by atoms with Crippen molar-refractivity contribution in [3.05, 3.63) is 47.1 Å². The summed E-state index contributed by atoms with van der Waals surface area (Å²) in [5.41, 5.74) is 4.69. The Hall–Kier alpha value is -1.04. The Balaban J connectivity index is 2.17. The van der Waals surface area contributed by atoms with Crippen molar-refractivity contribution in [1.29, 1.82) is 0 Å². The summed E-state index contributed by atoms with van der Waals surface area (Å²) in [6.45, 7) is 6.78. The second-order valence-corrected chi connectivity index (χ2v) is 5.19. The van der Waals surface area contributed by atoms with E-state index in [2.05, 4.69) is 51.2 Å². The molecule has 0 aromatic rings. The number of unbranched alkanes of at least 4 members (excludes halogenated alkanes) is 1. The lowest BCUT2D eigenvalue weighted by atomic mass is 9.79. The SMILES string of the molecule is CCCCC1=CCC=C1C1(C)C=CC(C)=C1. The monoisotopic (exact) mass is 214 g/mol. The van der Waals surface area contributed by atoms with Crippen molar-refractivity contribution >= 4 is 0 Å². The second kappa shape index (κ2) is 4.45. The van der Waals surface area contributed by atoms with Crippen molar-refractivity contribution in [2.45, 2.75) is 46.5 Å². The summed E-state index contributed by atoms with van der Waals surface area (Å²) in [6.07, 6.45) is 16.8. The summed E-state index contributed by atoms with van der Waals surface area (Å²) in [5.74, 6) is 0. The summed E-state index contributed by atoms with van der Waals surface area (Å²) in [7, 11) is 0. The number of allylic oxidation sites excluding steroid dienone is 8. The van der Waals surface area contributed by atoms with Crippen LogP contribution in [0.5, 0.6) is 0 Å². The van der Waals surface area contributed by atoms with Crippen LogP contribution in [0.1, 0.15) is 46.5 Å². The van der Waals surface area contributed by atoms with Gasteiger partial charge in [-0.25, -0.2) is 0 Å². The third kappa shape index (κ3) is 2.07. The Kier molecular flexibility index (Phi) is 3.18. The maximum atomic E-state index is 2.41. The van der Waals surface area contributed by atoms with Crippen LogP contribution in [-0.4, -0.2) is 0 Å². The highest BCUT2D eigenvalue weighted by Crippen LogP contribution is 2.43. The first-order chi connectivity index (χ1) is 7.65. The fourth-order valence-electron chi connectivity index (χ4n) is 2.77. The van der Waals surface area contributed by atoms with Crippen LogP contribution in [0, 0.1) is 5.41 Å². The van der Waals surface area contributed by atoms with E-state index in [9.17, 15) is 0 Å². The van der Waals surface area contributed by atoms with E-state index in [4.69, 9.17) is 0 Å². The maximum Gasteiger partial charge on any atom is 0.0292 e. The van der Waals surface area contributed by atoms with E-state index in [-0.39, 0.29) is 5.41 Å². The van der Waals surface area contributed by atoms with Gasteiger partial charge in [-0.1, -0.05) is 49.3 Å². The van der Waals surface area contributed by atoms with Gasteiger partial charge >= 0.3 is 0 Å². The Morgan fingerprint density at radius 2 is 2.12 bits per heavy atom. The lowest BCUT2D eigenvalue weighted by Crippen LogP contribution is -2.12. The van der Waals surface area contributed by atoms with E-state index in [1.165, 1.54) is 24.8 Å². The van der Waals surface area contributed by atoms with Crippen LogP contribution in [0.25, 0.3) is 0 Å². The van der Waals surface area contributed by atoms with Crippen LogP contribution < -0.4 is 0 Å². The minimum Gasteiger partial charge on any atom is -0.0772 e. The van der Waals surface area contributed by atoms with Gasteiger partial charge in [0, 0.05) is 5.41 Å². The lowest BCUT2D eigenvalue weighted by molar-refractivity contribution is 0.662. The van der Waals surface area contributed by atoms with Gasteiger partial charge < -0.3 is 0 Å². The summed E-state index contributed by atoms with van der Waals surface area (Å²) < 4.78 is 0. The van der Waals surface area contributed by atoms with E-state index in [0.717, 1.165) is 6.42 Å². The molecule has 2 rings (SSSR count). The van der Waals surface area contributed by atoms with E-state index in [1.54, 1.807) is 11.1 Å². The topological polar surface area (TPSA) is 0 Å². The minimum absolute atomic E-state index is 0.167. The Labute approximate surface area is 99.4 Å². The molecule has 0 fully saturated rings. The average Bonchev–Trinajstić information content (AvgIpc) is 2.83. The van der Waals surface area contributed by atoms with Crippen molar-refractivity contribution in [2.75, 3.05) is 0 Å². The minimum atomic E-state index is 0.167. The smallest absolute Gasteiger partial charge is 0.0292 e. The van der Waals surface area contributed by atoms with E-state index >= 15 is 0 Å². The molecular formula is C16H22. The molecule has 16 heavy (non-hydrogen) atoms. The predicted octanol–water partition coefficient (Wildman–Crippen LogP) is 4.96. The number of hydrogen-bond acceptors (Lipinski definition) is 0. The predicted molar refractivity (Wildman–Crippen MR) is 71.3 cm³/mol. The normalized spacial score (nSPS) is 28.1. The molecule has 0 aromatic heterocycles. The molecule has 0 aromatic carbocycles. The molecule has 2 aliphatic rings. The Morgan fingerprint density at radius 3 is 2.75 bits per heavy atom. The molecule has 0 heterocycles. The van der Waals surface area contributed by atoms with Gasteiger partial charge in [-0.3, -0.25) is 0 Å². The highest BCUT2D eigenvalue weighted by Gasteiger charge is 2.29. The van der Waals surface area contributed by atoms with Gasteiger partial charge in [-0.2, -0.15) is 0 Å². The van der Waals surface area contributed by atoms with Gasteiger partial charge in [0.2, 0.25) is 0 Å². The van der Waals surface area contributed by atoms with Crippen molar-refractivity contribution in [3.8, 4) is 0 Å². The van der Waals surface area contributed by atoms with Gasteiger partial charge in [-0.15, -0.1) is 0 Å². The second-order valence-electron chi connectivity index (χ2n) is 5.19. The van der Waals surface area contributed by atoms with Crippen LogP contribution in [-0.2, 0) is 0 Å². The van der Waals surface area contributed by atoms with Gasteiger partial charge in [0.15, 0.2) is 0 Å². The highest BCUT2D eigenvalue weighted by atomic mass is 14.3. The highest BCUT2D eigenvalue weighted by molar-refractivity contribution is 5.51. The molecule has 2 aliphatic carbocycles. The largest absolute Gasteiger partial charge is 0.0772 e. The quantitative estimate of drug-likeness (QED) is 0.620. The van der Waals surface area contributed by atoms with E-state index in [0.29, 0.717) is 0 Å². The molecule has 0 saturated carbocycles. The molecule has 1 atom stereocenters.